The molecular formula is C6H7BrClNO. The number of methoxy groups -OCH3 is 1. The first-order valence-corrected chi connectivity index (χ1v) is 3.27. The maximum atomic E-state index is 4.94. The van der Waals surface area contributed by atoms with E-state index in [-0.39, 0.29) is 12.4 Å². The molecule has 4 heteroatoms. The van der Waals surface area contributed by atoms with Crippen LogP contribution in [0, 0.1) is 0 Å². The molecule has 1 aromatic rings. The van der Waals surface area contributed by atoms with Crippen molar-refractivity contribution < 1.29 is 4.74 Å². The Morgan fingerprint density at radius 2 is 2.30 bits per heavy atom. The van der Waals surface area contributed by atoms with Gasteiger partial charge in [-0.3, -0.25) is 4.98 Å². The van der Waals surface area contributed by atoms with Crippen molar-refractivity contribution in [1.82, 2.24) is 4.98 Å². The first-order valence-electron chi connectivity index (χ1n) is 2.48. The average Bonchev–Trinajstić information content (AvgIpc) is 1.89. The van der Waals surface area contributed by atoms with Crippen molar-refractivity contribution in [1.29, 1.82) is 0 Å². The minimum absolute atomic E-state index is 0. The van der Waals surface area contributed by atoms with Gasteiger partial charge in [-0.05, 0) is 22.0 Å². The molecule has 2 nitrogen and oxygen atoms in total. The van der Waals surface area contributed by atoms with E-state index in [2.05, 4.69) is 20.9 Å². The average molecular weight is 224 g/mol. The number of nitrogens with zero attached hydrogens (tertiary/aromatic N) is 1. The molecule has 1 rings (SSSR count). The molecule has 0 N–H and O–H groups in total. The molecule has 0 atom stereocenters. The van der Waals surface area contributed by atoms with E-state index in [4.69, 9.17) is 4.74 Å². The van der Waals surface area contributed by atoms with Crippen LogP contribution in [0.1, 0.15) is 0 Å². The van der Waals surface area contributed by atoms with E-state index in [1.165, 1.54) is 0 Å². The third-order valence-corrected chi connectivity index (χ3v) is 1.61. The lowest BCUT2D eigenvalue weighted by Crippen LogP contribution is -1.83. The lowest BCUT2D eigenvalue weighted by atomic mass is 10.5. The van der Waals surface area contributed by atoms with E-state index < -0.39 is 0 Å². The highest BCUT2D eigenvalue weighted by atomic mass is 79.9. The molecule has 0 radical (unpaired) electrons. The zero-order chi connectivity index (χ0) is 6.69. The Bertz CT molecular complexity index is 207. The van der Waals surface area contributed by atoms with Gasteiger partial charge in [-0.1, -0.05) is 0 Å². The maximum absolute atomic E-state index is 4.94. The molecule has 0 aliphatic rings. The monoisotopic (exact) mass is 223 g/mol. The van der Waals surface area contributed by atoms with Gasteiger partial charge in [0.25, 0.3) is 0 Å². The molecule has 0 bridgehead atoms. The van der Waals surface area contributed by atoms with Gasteiger partial charge in [0.2, 0.25) is 0 Å². The molecule has 0 aliphatic carbocycles. The molecule has 0 saturated carbocycles. The van der Waals surface area contributed by atoms with Gasteiger partial charge >= 0.3 is 0 Å². The summed E-state index contributed by atoms with van der Waals surface area (Å²) in [4.78, 5) is 3.86. The number of aromatic nitrogens is 1. The Morgan fingerprint density at radius 3 is 2.70 bits per heavy atom. The molecule has 0 unspecified atom stereocenters. The summed E-state index contributed by atoms with van der Waals surface area (Å²) in [5, 5.41) is 0. The largest absolute Gasteiger partial charge is 0.494 e. The van der Waals surface area contributed by atoms with Crippen molar-refractivity contribution in [3.63, 3.8) is 0 Å². The van der Waals surface area contributed by atoms with Gasteiger partial charge in [0.1, 0.15) is 0 Å². The summed E-state index contributed by atoms with van der Waals surface area (Å²) >= 11 is 3.29. The van der Waals surface area contributed by atoms with E-state index in [1.54, 1.807) is 19.5 Å². The summed E-state index contributed by atoms with van der Waals surface area (Å²) in [6.07, 6.45) is 3.36. The molecule has 0 aromatic carbocycles. The quantitative estimate of drug-likeness (QED) is 0.730. The molecular weight excluding hydrogens is 217 g/mol. The van der Waals surface area contributed by atoms with Gasteiger partial charge in [-0.15, -0.1) is 12.4 Å². The van der Waals surface area contributed by atoms with Crippen molar-refractivity contribution in [2.45, 2.75) is 0 Å². The SMILES string of the molecule is COc1cnccc1Br.Cl. The van der Waals surface area contributed by atoms with E-state index in [0.29, 0.717) is 0 Å². The molecule has 56 valence electrons. The predicted octanol–water partition coefficient (Wildman–Crippen LogP) is 2.27. The predicted molar refractivity (Wildman–Crippen MR) is 45.7 cm³/mol. The van der Waals surface area contributed by atoms with E-state index in [0.717, 1.165) is 10.2 Å². The number of hydrogen-bond donors (Lipinski definition) is 0. The molecule has 0 aliphatic heterocycles. The lowest BCUT2D eigenvalue weighted by Gasteiger charge is -1.98. The normalized spacial score (nSPS) is 8.20. The molecule has 10 heavy (non-hydrogen) atoms. The highest BCUT2D eigenvalue weighted by Gasteiger charge is 1.94. The third kappa shape index (κ3) is 2.15. The Kier molecular flexibility index (Phi) is 4.40. The number of hydrogen-bond acceptors (Lipinski definition) is 2. The van der Waals surface area contributed by atoms with Crippen LogP contribution in [0.4, 0.5) is 0 Å². The van der Waals surface area contributed by atoms with Crippen LogP contribution in [0.2, 0.25) is 0 Å². The number of pyridine rings is 1. The number of halogens is 2. The van der Waals surface area contributed by atoms with Crippen LogP contribution in [-0.2, 0) is 0 Å². The summed E-state index contributed by atoms with van der Waals surface area (Å²) in [6, 6.07) is 1.83. The number of ether oxygens (including phenoxy) is 1. The standard InChI is InChI=1S/C6H6BrNO.ClH/c1-9-6-4-8-3-2-5(6)7;/h2-4H,1H3;1H. The van der Waals surface area contributed by atoms with Crippen molar-refractivity contribution in [2.75, 3.05) is 7.11 Å². The van der Waals surface area contributed by atoms with Crippen LogP contribution in [0.15, 0.2) is 22.9 Å². The Hall–Kier alpha value is -0.280. The Balaban J connectivity index is 0.000000810. The minimum Gasteiger partial charge on any atom is -0.494 e. The topological polar surface area (TPSA) is 22.1 Å². The second kappa shape index (κ2) is 4.52. The number of rotatable bonds is 1. The fourth-order valence-electron chi connectivity index (χ4n) is 0.513. The maximum Gasteiger partial charge on any atom is 0.151 e. The first-order chi connectivity index (χ1) is 4.34. The van der Waals surface area contributed by atoms with Crippen LogP contribution < -0.4 is 4.74 Å². The van der Waals surface area contributed by atoms with Crippen molar-refractivity contribution in [3.05, 3.63) is 22.9 Å². The van der Waals surface area contributed by atoms with Gasteiger partial charge in [-0.2, -0.15) is 0 Å². The summed E-state index contributed by atoms with van der Waals surface area (Å²) in [5.74, 6) is 0.762. The van der Waals surface area contributed by atoms with E-state index in [9.17, 15) is 0 Å². The van der Waals surface area contributed by atoms with Gasteiger partial charge < -0.3 is 4.74 Å². The molecule has 0 fully saturated rings. The van der Waals surface area contributed by atoms with Crippen LogP contribution in [0.3, 0.4) is 0 Å². The van der Waals surface area contributed by atoms with Crippen molar-refractivity contribution in [3.8, 4) is 5.75 Å². The van der Waals surface area contributed by atoms with E-state index >= 15 is 0 Å². The zero-order valence-corrected chi connectivity index (χ0v) is 7.78. The third-order valence-electron chi connectivity index (χ3n) is 0.954. The van der Waals surface area contributed by atoms with Crippen LogP contribution in [0.25, 0.3) is 0 Å². The second-order valence-corrected chi connectivity index (χ2v) is 2.36. The Labute approximate surface area is 74.2 Å². The second-order valence-electron chi connectivity index (χ2n) is 1.51. The summed E-state index contributed by atoms with van der Waals surface area (Å²) in [5.41, 5.74) is 0. The lowest BCUT2D eigenvalue weighted by molar-refractivity contribution is 0.410. The fraction of sp³-hybridized carbons (Fsp3) is 0.167. The van der Waals surface area contributed by atoms with Crippen molar-refractivity contribution >= 4 is 28.3 Å². The van der Waals surface area contributed by atoms with Gasteiger partial charge in [0.05, 0.1) is 17.8 Å². The van der Waals surface area contributed by atoms with Crippen LogP contribution in [-0.4, -0.2) is 12.1 Å². The van der Waals surface area contributed by atoms with Gasteiger partial charge in [-0.25, -0.2) is 0 Å². The first kappa shape index (κ1) is 9.72. The van der Waals surface area contributed by atoms with Gasteiger partial charge in [0, 0.05) is 6.20 Å². The molecule has 1 heterocycles. The molecule has 0 amide bonds. The molecule has 0 spiro atoms. The van der Waals surface area contributed by atoms with E-state index in [1.807, 2.05) is 6.07 Å². The van der Waals surface area contributed by atoms with Gasteiger partial charge in [0.15, 0.2) is 5.75 Å². The summed E-state index contributed by atoms with van der Waals surface area (Å²) < 4.78 is 5.87. The highest BCUT2D eigenvalue weighted by molar-refractivity contribution is 9.10. The Morgan fingerprint density at radius 1 is 1.60 bits per heavy atom. The summed E-state index contributed by atoms with van der Waals surface area (Å²) in [6.45, 7) is 0. The zero-order valence-electron chi connectivity index (χ0n) is 5.37. The molecule has 1 aromatic heterocycles. The molecule has 0 saturated heterocycles. The van der Waals surface area contributed by atoms with Crippen LogP contribution >= 0.6 is 28.3 Å². The van der Waals surface area contributed by atoms with Crippen LogP contribution in [0.5, 0.6) is 5.75 Å². The van der Waals surface area contributed by atoms with Crippen molar-refractivity contribution in [2.24, 2.45) is 0 Å². The minimum atomic E-state index is 0. The fourth-order valence-corrected chi connectivity index (χ4v) is 0.896. The summed E-state index contributed by atoms with van der Waals surface area (Å²) in [7, 11) is 1.61. The highest BCUT2D eigenvalue weighted by Crippen LogP contribution is 2.21. The smallest absolute Gasteiger partial charge is 0.151 e.